The van der Waals surface area contributed by atoms with Crippen molar-refractivity contribution in [1.82, 2.24) is 0 Å². The fourth-order valence-corrected chi connectivity index (χ4v) is 2.33. The normalized spacial score (nSPS) is 12.5. The highest BCUT2D eigenvalue weighted by Gasteiger charge is 2.21. The van der Waals surface area contributed by atoms with Crippen LogP contribution in [0.5, 0.6) is 0 Å². The number of esters is 1. The van der Waals surface area contributed by atoms with Gasteiger partial charge in [0.15, 0.2) is 0 Å². The lowest BCUT2D eigenvalue weighted by Crippen LogP contribution is -2.22. The van der Waals surface area contributed by atoms with Crippen LogP contribution in [0, 0.1) is 0 Å². The molecule has 0 aliphatic rings. The second-order valence-electron chi connectivity index (χ2n) is 4.04. The summed E-state index contributed by atoms with van der Waals surface area (Å²) in [6.07, 6.45) is 0.648. The smallest absolute Gasteiger partial charge is 0.319 e. The second-order valence-corrected chi connectivity index (χ2v) is 5.28. The van der Waals surface area contributed by atoms with Crippen LogP contribution in [0.4, 0.5) is 5.69 Å². The molecule has 17 heavy (non-hydrogen) atoms. The maximum Gasteiger partial charge on any atom is 0.319 e. The zero-order valence-electron chi connectivity index (χ0n) is 10.5. The molecule has 4 heteroatoms. The third-order valence-electron chi connectivity index (χ3n) is 2.17. The summed E-state index contributed by atoms with van der Waals surface area (Å²) in [5.74, 6) is -0.171. The van der Waals surface area contributed by atoms with Crippen LogP contribution in [0.2, 0.25) is 0 Å². The molecule has 1 atom stereocenters. The molecule has 0 aliphatic heterocycles. The van der Waals surface area contributed by atoms with Crippen LogP contribution in [0.3, 0.4) is 0 Å². The number of benzene rings is 1. The van der Waals surface area contributed by atoms with Crippen molar-refractivity contribution < 1.29 is 9.53 Å². The molecule has 1 aromatic rings. The van der Waals surface area contributed by atoms with Crippen LogP contribution in [-0.4, -0.2) is 17.3 Å². The first-order valence-corrected chi connectivity index (χ1v) is 6.64. The summed E-state index contributed by atoms with van der Waals surface area (Å²) in [4.78, 5) is 12.7. The number of nitrogen functional groups attached to an aromatic ring is 1. The predicted octanol–water partition coefficient (Wildman–Crippen LogP) is 3.09. The van der Waals surface area contributed by atoms with E-state index in [9.17, 15) is 4.79 Å². The van der Waals surface area contributed by atoms with Gasteiger partial charge in [0.25, 0.3) is 0 Å². The van der Waals surface area contributed by atoms with Gasteiger partial charge in [-0.15, -0.1) is 11.8 Å². The van der Waals surface area contributed by atoms with Crippen molar-refractivity contribution in [2.75, 3.05) is 5.73 Å². The summed E-state index contributed by atoms with van der Waals surface area (Å²) in [6.45, 7) is 5.68. The zero-order valence-corrected chi connectivity index (χ0v) is 11.3. The van der Waals surface area contributed by atoms with Gasteiger partial charge >= 0.3 is 5.97 Å². The van der Waals surface area contributed by atoms with Crippen LogP contribution in [0.15, 0.2) is 29.2 Å². The minimum absolute atomic E-state index is 0.0785. The number of hydrogen-bond acceptors (Lipinski definition) is 4. The van der Waals surface area contributed by atoms with Gasteiger partial charge in [-0.3, -0.25) is 4.79 Å². The Kier molecular flexibility index (Phi) is 5.35. The van der Waals surface area contributed by atoms with Gasteiger partial charge < -0.3 is 10.5 Å². The van der Waals surface area contributed by atoms with Gasteiger partial charge in [0.2, 0.25) is 0 Å². The SMILES string of the molecule is CCC(Sc1ccccc1N)C(=O)OC(C)C. The highest BCUT2D eigenvalue weighted by atomic mass is 32.2. The maximum atomic E-state index is 11.8. The van der Waals surface area contributed by atoms with E-state index in [4.69, 9.17) is 10.5 Å². The summed E-state index contributed by atoms with van der Waals surface area (Å²) >= 11 is 1.47. The van der Waals surface area contributed by atoms with Crippen molar-refractivity contribution in [2.24, 2.45) is 0 Å². The number of carbonyl (C=O) groups is 1. The van der Waals surface area contributed by atoms with E-state index < -0.39 is 0 Å². The van der Waals surface area contributed by atoms with Crippen LogP contribution in [0.1, 0.15) is 27.2 Å². The van der Waals surface area contributed by atoms with Gasteiger partial charge in [0, 0.05) is 10.6 Å². The Bertz CT molecular complexity index is 379. The average Bonchev–Trinajstić information content (AvgIpc) is 2.27. The van der Waals surface area contributed by atoms with Gasteiger partial charge in [-0.25, -0.2) is 0 Å². The highest BCUT2D eigenvalue weighted by molar-refractivity contribution is 8.00. The average molecular weight is 253 g/mol. The molecule has 1 aromatic carbocycles. The van der Waals surface area contributed by atoms with E-state index in [1.807, 2.05) is 45.0 Å². The number of thioether (sulfide) groups is 1. The van der Waals surface area contributed by atoms with E-state index in [-0.39, 0.29) is 17.3 Å². The van der Waals surface area contributed by atoms with Gasteiger partial charge in [0.1, 0.15) is 5.25 Å². The van der Waals surface area contributed by atoms with Crippen LogP contribution in [-0.2, 0) is 9.53 Å². The number of ether oxygens (including phenoxy) is 1. The number of carbonyl (C=O) groups excluding carboxylic acids is 1. The third-order valence-corrected chi connectivity index (χ3v) is 3.61. The van der Waals surface area contributed by atoms with E-state index in [2.05, 4.69) is 0 Å². The highest BCUT2D eigenvalue weighted by Crippen LogP contribution is 2.30. The maximum absolute atomic E-state index is 11.8. The Morgan fingerprint density at radius 3 is 2.59 bits per heavy atom. The van der Waals surface area contributed by atoms with Crippen molar-refractivity contribution in [1.29, 1.82) is 0 Å². The minimum atomic E-state index is -0.193. The van der Waals surface area contributed by atoms with Crippen LogP contribution >= 0.6 is 11.8 Å². The Morgan fingerprint density at radius 2 is 2.06 bits per heavy atom. The first-order valence-electron chi connectivity index (χ1n) is 5.76. The summed E-state index contributed by atoms with van der Waals surface area (Å²) in [5, 5.41) is -0.193. The fraction of sp³-hybridized carbons (Fsp3) is 0.462. The molecule has 1 rings (SSSR count). The number of para-hydroxylation sites is 1. The summed E-state index contributed by atoms with van der Waals surface area (Å²) in [6, 6.07) is 7.56. The Morgan fingerprint density at radius 1 is 1.41 bits per heavy atom. The van der Waals surface area contributed by atoms with Crippen LogP contribution in [0.25, 0.3) is 0 Å². The molecule has 0 saturated heterocycles. The molecule has 0 aromatic heterocycles. The van der Waals surface area contributed by atoms with Gasteiger partial charge in [0.05, 0.1) is 6.10 Å². The van der Waals surface area contributed by atoms with Crippen molar-refractivity contribution in [2.45, 2.75) is 43.4 Å². The molecule has 0 amide bonds. The molecule has 0 fully saturated rings. The molecule has 0 aliphatic carbocycles. The minimum Gasteiger partial charge on any atom is -0.462 e. The zero-order chi connectivity index (χ0) is 12.8. The fourth-order valence-electron chi connectivity index (χ4n) is 1.35. The summed E-state index contributed by atoms with van der Waals surface area (Å²) < 4.78 is 5.21. The van der Waals surface area contributed by atoms with E-state index in [0.717, 1.165) is 11.3 Å². The van der Waals surface area contributed by atoms with E-state index in [1.54, 1.807) is 0 Å². The lowest BCUT2D eigenvalue weighted by molar-refractivity contribution is -0.146. The summed E-state index contributed by atoms with van der Waals surface area (Å²) in [5.41, 5.74) is 6.55. The lowest BCUT2D eigenvalue weighted by Gasteiger charge is -2.16. The largest absolute Gasteiger partial charge is 0.462 e. The third kappa shape index (κ3) is 4.30. The number of anilines is 1. The van der Waals surface area contributed by atoms with Crippen molar-refractivity contribution in [3.63, 3.8) is 0 Å². The van der Waals surface area contributed by atoms with Gasteiger partial charge in [-0.05, 0) is 32.4 Å². The first kappa shape index (κ1) is 13.9. The van der Waals surface area contributed by atoms with Crippen molar-refractivity contribution in [3.8, 4) is 0 Å². The molecule has 0 spiro atoms. The van der Waals surface area contributed by atoms with Gasteiger partial charge in [-0.1, -0.05) is 19.1 Å². The Balaban J connectivity index is 2.70. The molecule has 1 unspecified atom stereocenters. The number of rotatable bonds is 5. The standard InChI is InChI=1S/C13H19NO2S/c1-4-11(13(15)16-9(2)3)17-12-8-6-5-7-10(12)14/h5-9,11H,4,14H2,1-3H3. The Labute approximate surface area is 107 Å². The lowest BCUT2D eigenvalue weighted by atomic mass is 10.3. The molecule has 0 heterocycles. The molecule has 3 nitrogen and oxygen atoms in total. The van der Waals surface area contributed by atoms with Crippen molar-refractivity contribution >= 4 is 23.4 Å². The molecular weight excluding hydrogens is 234 g/mol. The Hall–Kier alpha value is -1.16. The van der Waals surface area contributed by atoms with E-state index in [1.165, 1.54) is 11.8 Å². The van der Waals surface area contributed by atoms with Crippen molar-refractivity contribution in [3.05, 3.63) is 24.3 Å². The molecule has 2 N–H and O–H groups in total. The first-order chi connectivity index (χ1) is 8.04. The monoisotopic (exact) mass is 253 g/mol. The van der Waals surface area contributed by atoms with E-state index in [0.29, 0.717) is 5.69 Å². The molecule has 0 radical (unpaired) electrons. The van der Waals surface area contributed by atoms with E-state index >= 15 is 0 Å². The molecule has 94 valence electrons. The topological polar surface area (TPSA) is 52.3 Å². The second kappa shape index (κ2) is 6.55. The number of nitrogens with two attached hydrogens (primary N) is 1. The predicted molar refractivity (Wildman–Crippen MR) is 72.0 cm³/mol. The van der Waals surface area contributed by atoms with Crippen LogP contribution < -0.4 is 5.73 Å². The molecular formula is C13H19NO2S. The molecule has 0 saturated carbocycles. The summed E-state index contributed by atoms with van der Waals surface area (Å²) in [7, 11) is 0. The number of hydrogen-bond donors (Lipinski definition) is 1. The quantitative estimate of drug-likeness (QED) is 0.498. The van der Waals surface area contributed by atoms with Gasteiger partial charge in [-0.2, -0.15) is 0 Å². The molecule has 0 bridgehead atoms.